The van der Waals surface area contributed by atoms with E-state index in [0.29, 0.717) is 26.9 Å². The topological polar surface area (TPSA) is 50.9 Å². The quantitative estimate of drug-likeness (QED) is 0.322. The summed E-state index contributed by atoms with van der Waals surface area (Å²) in [6, 6.07) is 22.8. The van der Waals surface area contributed by atoms with E-state index in [1.54, 1.807) is 24.7 Å². The molecule has 1 N–H and O–H groups in total. The number of aromatic nitrogens is 3. The second kappa shape index (κ2) is 8.31. The summed E-state index contributed by atoms with van der Waals surface area (Å²) in [6.45, 7) is 1.96. The number of imidazole rings is 1. The Morgan fingerprint density at radius 1 is 0.909 bits per heavy atom. The Balaban J connectivity index is 1.92. The van der Waals surface area contributed by atoms with Gasteiger partial charge in [0.25, 0.3) is 0 Å². The van der Waals surface area contributed by atoms with Gasteiger partial charge in [0, 0.05) is 33.7 Å². The molecule has 5 aromatic rings. The van der Waals surface area contributed by atoms with Gasteiger partial charge in [0.05, 0.1) is 23.7 Å². The van der Waals surface area contributed by atoms with Crippen LogP contribution < -0.4 is 0 Å². The van der Waals surface area contributed by atoms with Gasteiger partial charge < -0.3 is 9.67 Å². The molecule has 0 aliphatic heterocycles. The zero-order valence-corrected chi connectivity index (χ0v) is 19.6. The highest BCUT2D eigenvalue weighted by Crippen LogP contribution is 2.44. The van der Waals surface area contributed by atoms with Gasteiger partial charge in [-0.2, -0.15) is 0 Å². The fourth-order valence-electron chi connectivity index (χ4n) is 4.40. The maximum Gasteiger partial charge on any atom is 0.157 e. The third-order valence-corrected chi connectivity index (χ3v) is 6.45. The summed E-state index contributed by atoms with van der Waals surface area (Å²) in [5.41, 5.74) is 4.03. The zero-order valence-electron chi connectivity index (χ0n) is 18.1. The first-order chi connectivity index (χ1) is 15.9. The normalized spacial score (nSPS) is 13.2. The van der Waals surface area contributed by atoms with E-state index in [4.69, 9.17) is 28.2 Å². The highest BCUT2D eigenvalue weighted by molar-refractivity contribution is 6.31. The first kappa shape index (κ1) is 21.7. The molecule has 2 aromatic heterocycles. The van der Waals surface area contributed by atoms with Gasteiger partial charge in [0.15, 0.2) is 5.60 Å². The SMILES string of the molecule is Cc1ccc2c(-c3cccc(Cl)c3)c(C(O)(c3ccc(Cl)cc3)c3cncn3C)ccc2n1. The maximum absolute atomic E-state index is 12.6. The minimum atomic E-state index is -1.51. The van der Waals surface area contributed by atoms with Gasteiger partial charge in [0.2, 0.25) is 0 Å². The number of pyridine rings is 1. The van der Waals surface area contributed by atoms with Crippen LogP contribution in [0.5, 0.6) is 0 Å². The monoisotopic (exact) mass is 473 g/mol. The van der Waals surface area contributed by atoms with Crippen molar-refractivity contribution in [3.05, 3.63) is 118 Å². The number of hydrogen-bond donors (Lipinski definition) is 1. The van der Waals surface area contributed by atoms with Crippen molar-refractivity contribution in [2.75, 3.05) is 0 Å². The van der Waals surface area contributed by atoms with E-state index in [-0.39, 0.29) is 0 Å². The van der Waals surface area contributed by atoms with Crippen LogP contribution >= 0.6 is 23.2 Å². The molecule has 0 aliphatic rings. The van der Waals surface area contributed by atoms with Gasteiger partial charge in [0.1, 0.15) is 0 Å². The summed E-state index contributed by atoms with van der Waals surface area (Å²) >= 11 is 12.6. The molecule has 0 fully saturated rings. The van der Waals surface area contributed by atoms with E-state index in [9.17, 15) is 5.11 Å². The van der Waals surface area contributed by atoms with Crippen molar-refractivity contribution >= 4 is 34.1 Å². The van der Waals surface area contributed by atoms with E-state index in [1.165, 1.54) is 0 Å². The molecule has 6 heteroatoms. The Hall–Kier alpha value is -3.18. The lowest BCUT2D eigenvalue weighted by Crippen LogP contribution is -2.32. The third-order valence-electron chi connectivity index (χ3n) is 5.96. The van der Waals surface area contributed by atoms with Crippen molar-refractivity contribution in [1.29, 1.82) is 0 Å². The van der Waals surface area contributed by atoms with Gasteiger partial charge >= 0.3 is 0 Å². The van der Waals surface area contributed by atoms with Gasteiger partial charge in [-0.25, -0.2) is 4.98 Å². The number of rotatable bonds is 4. The van der Waals surface area contributed by atoms with Crippen LogP contribution in [0.15, 0.2) is 85.3 Å². The molecule has 0 saturated carbocycles. The average molecular weight is 474 g/mol. The standard InChI is InChI=1S/C27H21Cl2N3O/c1-17-6-11-22-24(31-17)13-12-23(26(22)18-4-3-5-21(29)14-18)27(33,25-15-30-16-32(25)2)19-7-9-20(28)10-8-19/h3-16,33H,1-2H3. The van der Waals surface area contributed by atoms with Gasteiger partial charge in [-0.15, -0.1) is 0 Å². The third kappa shape index (κ3) is 3.70. The summed E-state index contributed by atoms with van der Waals surface area (Å²) in [6.07, 6.45) is 3.37. The smallest absolute Gasteiger partial charge is 0.157 e. The molecule has 33 heavy (non-hydrogen) atoms. The number of fused-ring (bicyclic) bond motifs is 1. The minimum absolute atomic E-state index is 0.597. The summed E-state index contributed by atoms with van der Waals surface area (Å²) < 4.78 is 1.83. The van der Waals surface area contributed by atoms with Crippen molar-refractivity contribution in [2.45, 2.75) is 12.5 Å². The van der Waals surface area contributed by atoms with Crippen LogP contribution in [0.1, 0.15) is 22.5 Å². The van der Waals surface area contributed by atoms with Crippen molar-refractivity contribution in [1.82, 2.24) is 14.5 Å². The van der Waals surface area contributed by atoms with Crippen LogP contribution in [0.2, 0.25) is 10.0 Å². The van der Waals surface area contributed by atoms with Crippen molar-refractivity contribution in [2.24, 2.45) is 7.05 Å². The number of aryl methyl sites for hydroxylation is 2. The molecule has 0 spiro atoms. The number of benzene rings is 3. The minimum Gasteiger partial charge on any atom is -0.374 e. The fraction of sp³-hybridized carbons (Fsp3) is 0.111. The molecule has 4 nitrogen and oxygen atoms in total. The molecular weight excluding hydrogens is 453 g/mol. The van der Waals surface area contributed by atoms with Crippen LogP contribution in [0.3, 0.4) is 0 Å². The molecule has 2 heterocycles. The summed E-state index contributed by atoms with van der Waals surface area (Å²) in [5.74, 6) is 0. The molecule has 0 bridgehead atoms. The molecule has 5 rings (SSSR count). The second-order valence-corrected chi connectivity index (χ2v) is 9.00. The maximum atomic E-state index is 12.6. The molecule has 0 amide bonds. The zero-order chi connectivity index (χ0) is 23.2. The van der Waals surface area contributed by atoms with E-state index in [0.717, 1.165) is 27.7 Å². The number of aliphatic hydroxyl groups is 1. The Morgan fingerprint density at radius 3 is 2.39 bits per heavy atom. The van der Waals surface area contributed by atoms with E-state index in [1.807, 2.05) is 79.2 Å². The first-order valence-electron chi connectivity index (χ1n) is 10.5. The van der Waals surface area contributed by atoms with Crippen molar-refractivity contribution in [3.63, 3.8) is 0 Å². The Morgan fingerprint density at radius 2 is 1.70 bits per heavy atom. The van der Waals surface area contributed by atoms with E-state index < -0.39 is 5.60 Å². The largest absolute Gasteiger partial charge is 0.374 e. The molecule has 1 unspecified atom stereocenters. The summed E-state index contributed by atoms with van der Waals surface area (Å²) in [7, 11) is 1.87. The van der Waals surface area contributed by atoms with Crippen LogP contribution in [-0.4, -0.2) is 19.6 Å². The second-order valence-electron chi connectivity index (χ2n) is 8.12. The lowest BCUT2D eigenvalue weighted by atomic mass is 9.78. The Labute approximate surface area is 202 Å². The fourth-order valence-corrected chi connectivity index (χ4v) is 4.72. The van der Waals surface area contributed by atoms with Crippen molar-refractivity contribution < 1.29 is 5.11 Å². The predicted molar refractivity (Wildman–Crippen MR) is 134 cm³/mol. The van der Waals surface area contributed by atoms with Gasteiger partial charge in [-0.3, -0.25) is 4.98 Å². The van der Waals surface area contributed by atoms with Crippen LogP contribution in [-0.2, 0) is 12.6 Å². The van der Waals surface area contributed by atoms with Crippen LogP contribution in [0.25, 0.3) is 22.0 Å². The van der Waals surface area contributed by atoms with Crippen LogP contribution in [0, 0.1) is 6.92 Å². The molecule has 0 saturated heterocycles. The molecule has 164 valence electrons. The van der Waals surface area contributed by atoms with E-state index >= 15 is 0 Å². The van der Waals surface area contributed by atoms with E-state index in [2.05, 4.69) is 4.98 Å². The number of nitrogens with zero attached hydrogens (tertiary/aromatic N) is 3. The Bertz CT molecular complexity index is 1480. The highest BCUT2D eigenvalue weighted by Gasteiger charge is 2.39. The van der Waals surface area contributed by atoms with Crippen molar-refractivity contribution in [3.8, 4) is 11.1 Å². The number of hydrogen-bond acceptors (Lipinski definition) is 3. The van der Waals surface area contributed by atoms with Crippen LogP contribution in [0.4, 0.5) is 0 Å². The average Bonchev–Trinajstić information content (AvgIpc) is 3.24. The molecule has 3 aromatic carbocycles. The molecule has 1 atom stereocenters. The molecule has 0 aliphatic carbocycles. The molecule has 0 radical (unpaired) electrons. The highest BCUT2D eigenvalue weighted by atomic mass is 35.5. The van der Waals surface area contributed by atoms with Gasteiger partial charge in [-0.05, 0) is 60.0 Å². The summed E-state index contributed by atoms with van der Waals surface area (Å²) in [4.78, 5) is 9.01. The Kier molecular flexibility index (Phi) is 5.45. The number of halogens is 2. The predicted octanol–water partition coefficient (Wildman–Crippen LogP) is 6.53. The first-order valence-corrected chi connectivity index (χ1v) is 11.3. The lowest BCUT2D eigenvalue weighted by Gasteiger charge is -2.32. The molecular formula is C27H21Cl2N3O. The lowest BCUT2D eigenvalue weighted by molar-refractivity contribution is 0.118. The van der Waals surface area contributed by atoms with Gasteiger partial charge in [-0.1, -0.05) is 59.6 Å². The summed E-state index contributed by atoms with van der Waals surface area (Å²) in [5, 5.41) is 14.7.